The fraction of sp³-hybridized carbons (Fsp3) is 0.364. The fourth-order valence-electron chi connectivity index (χ4n) is 4.03. The van der Waals surface area contributed by atoms with Crippen LogP contribution in [0.25, 0.3) is 11.4 Å². The number of methoxy groups -OCH3 is 1. The minimum atomic E-state index is -0.507. The number of pyridine rings is 1. The molecule has 29 heavy (non-hydrogen) atoms. The van der Waals surface area contributed by atoms with Crippen molar-refractivity contribution in [3.63, 3.8) is 0 Å². The van der Waals surface area contributed by atoms with E-state index >= 15 is 0 Å². The summed E-state index contributed by atoms with van der Waals surface area (Å²) in [6.45, 7) is 1.92. The Bertz CT molecular complexity index is 962. The van der Waals surface area contributed by atoms with Crippen LogP contribution in [-0.2, 0) is 10.2 Å². The van der Waals surface area contributed by atoms with E-state index in [-0.39, 0.29) is 11.9 Å². The van der Waals surface area contributed by atoms with Gasteiger partial charge in [0.1, 0.15) is 11.6 Å². The lowest BCUT2D eigenvalue weighted by atomic mass is 9.77. The zero-order chi connectivity index (χ0) is 20.3. The highest BCUT2D eigenvalue weighted by Crippen LogP contribution is 2.42. The van der Waals surface area contributed by atoms with Gasteiger partial charge in [-0.15, -0.1) is 0 Å². The Morgan fingerprint density at radius 1 is 1.21 bits per heavy atom. The van der Waals surface area contributed by atoms with Crippen molar-refractivity contribution in [2.24, 2.45) is 0 Å². The van der Waals surface area contributed by atoms with Gasteiger partial charge in [0.15, 0.2) is 5.82 Å². The maximum Gasteiger partial charge on any atom is 0.231 e. The Labute approximate surface area is 169 Å². The molecule has 7 heteroatoms. The van der Waals surface area contributed by atoms with E-state index in [9.17, 15) is 4.79 Å². The number of rotatable bonds is 6. The van der Waals surface area contributed by atoms with Gasteiger partial charge in [0, 0.05) is 18.0 Å². The number of carbonyl (C=O) groups is 1. The second-order valence-electron chi connectivity index (χ2n) is 7.50. The van der Waals surface area contributed by atoms with Crippen molar-refractivity contribution in [3.8, 4) is 17.1 Å². The summed E-state index contributed by atoms with van der Waals surface area (Å²) in [5.41, 5.74) is 1.36. The lowest BCUT2D eigenvalue weighted by molar-refractivity contribution is -0.127. The summed E-state index contributed by atoms with van der Waals surface area (Å²) in [5.74, 6) is 2.02. The molecule has 4 rings (SSSR count). The first-order valence-corrected chi connectivity index (χ1v) is 9.90. The number of hydrogen-bond acceptors (Lipinski definition) is 5. The van der Waals surface area contributed by atoms with E-state index in [1.54, 1.807) is 19.5 Å². The average Bonchev–Trinajstić information content (AvgIpc) is 3.45. The zero-order valence-corrected chi connectivity index (χ0v) is 16.7. The van der Waals surface area contributed by atoms with E-state index in [0.717, 1.165) is 42.6 Å². The van der Waals surface area contributed by atoms with E-state index < -0.39 is 5.41 Å². The summed E-state index contributed by atoms with van der Waals surface area (Å²) < 4.78 is 5.26. The largest absolute Gasteiger partial charge is 0.497 e. The van der Waals surface area contributed by atoms with Gasteiger partial charge in [-0.05, 0) is 49.6 Å². The maximum atomic E-state index is 13.4. The SMILES string of the molecule is COc1ccc(C2(C(=O)NC(C)c3nc(-c4cccnc4)n[nH]3)CCCC2)cc1. The second kappa shape index (κ2) is 8.03. The molecule has 3 aromatic rings. The van der Waals surface area contributed by atoms with Crippen LogP contribution in [0.4, 0.5) is 0 Å². The van der Waals surface area contributed by atoms with Crippen LogP contribution in [0.3, 0.4) is 0 Å². The Balaban J connectivity index is 1.53. The first-order chi connectivity index (χ1) is 14.1. The third-order valence-electron chi connectivity index (χ3n) is 5.71. The summed E-state index contributed by atoms with van der Waals surface area (Å²) >= 11 is 0. The summed E-state index contributed by atoms with van der Waals surface area (Å²) in [7, 11) is 1.64. The molecule has 2 heterocycles. The summed E-state index contributed by atoms with van der Waals surface area (Å²) in [5, 5.41) is 10.4. The van der Waals surface area contributed by atoms with Gasteiger partial charge in [-0.25, -0.2) is 4.98 Å². The van der Waals surface area contributed by atoms with Crippen LogP contribution in [0, 0.1) is 0 Å². The minimum Gasteiger partial charge on any atom is -0.497 e. The molecular weight excluding hydrogens is 366 g/mol. The molecule has 1 fully saturated rings. The van der Waals surface area contributed by atoms with Gasteiger partial charge in [0.2, 0.25) is 5.91 Å². The monoisotopic (exact) mass is 391 g/mol. The highest BCUT2D eigenvalue weighted by atomic mass is 16.5. The normalized spacial score (nSPS) is 16.3. The predicted molar refractivity (Wildman–Crippen MR) is 109 cm³/mol. The summed E-state index contributed by atoms with van der Waals surface area (Å²) in [4.78, 5) is 22.0. The highest BCUT2D eigenvalue weighted by Gasteiger charge is 2.43. The molecule has 1 unspecified atom stereocenters. The molecule has 0 radical (unpaired) electrons. The number of benzene rings is 1. The van der Waals surface area contributed by atoms with Gasteiger partial charge in [-0.1, -0.05) is 25.0 Å². The molecule has 7 nitrogen and oxygen atoms in total. The lowest BCUT2D eigenvalue weighted by Gasteiger charge is -2.29. The molecule has 150 valence electrons. The minimum absolute atomic E-state index is 0.0343. The van der Waals surface area contributed by atoms with Crippen LogP contribution in [0.2, 0.25) is 0 Å². The molecule has 1 saturated carbocycles. The second-order valence-corrected chi connectivity index (χ2v) is 7.50. The number of nitrogens with zero attached hydrogens (tertiary/aromatic N) is 3. The van der Waals surface area contributed by atoms with Crippen molar-refractivity contribution in [1.29, 1.82) is 0 Å². The molecule has 1 aliphatic carbocycles. The Kier molecular flexibility index (Phi) is 5.29. The van der Waals surface area contributed by atoms with Gasteiger partial charge < -0.3 is 10.1 Å². The molecule has 0 bridgehead atoms. The number of nitrogens with one attached hydrogen (secondary N) is 2. The van der Waals surface area contributed by atoms with Crippen LogP contribution in [0.15, 0.2) is 48.8 Å². The number of aromatic amines is 1. The first-order valence-electron chi connectivity index (χ1n) is 9.90. The van der Waals surface area contributed by atoms with Crippen LogP contribution in [-0.4, -0.2) is 33.2 Å². The van der Waals surface area contributed by atoms with Crippen molar-refractivity contribution in [2.45, 2.75) is 44.1 Å². The third kappa shape index (κ3) is 3.72. The Hall–Kier alpha value is -3.22. The standard InChI is InChI=1S/C22H25N5O2/c1-15(19-25-20(27-26-19)16-6-5-13-23-14-16)24-21(28)22(11-3-4-12-22)17-7-9-18(29-2)10-8-17/h5-10,13-15H,3-4,11-12H2,1-2H3,(H,24,28)(H,25,26,27). The van der Waals surface area contributed by atoms with Crippen molar-refractivity contribution >= 4 is 5.91 Å². The van der Waals surface area contributed by atoms with Crippen molar-refractivity contribution in [2.75, 3.05) is 7.11 Å². The summed E-state index contributed by atoms with van der Waals surface area (Å²) in [6.07, 6.45) is 7.19. The predicted octanol–water partition coefficient (Wildman–Crippen LogP) is 3.56. The molecule has 1 atom stereocenters. The topological polar surface area (TPSA) is 92.8 Å². The molecule has 1 amide bonds. The first kappa shape index (κ1) is 19.1. The Morgan fingerprint density at radius 3 is 2.62 bits per heavy atom. The van der Waals surface area contributed by atoms with E-state index in [1.165, 1.54) is 0 Å². The van der Waals surface area contributed by atoms with Gasteiger partial charge in [0.05, 0.1) is 18.6 Å². The van der Waals surface area contributed by atoms with Crippen molar-refractivity contribution in [1.82, 2.24) is 25.5 Å². The van der Waals surface area contributed by atoms with E-state index in [0.29, 0.717) is 11.6 Å². The number of aromatic nitrogens is 4. The quantitative estimate of drug-likeness (QED) is 0.670. The molecule has 1 aromatic carbocycles. The van der Waals surface area contributed by atoms with Crippen molar-refractivity contribution in [3.05, 3.63) is 60.2 Å². The van der Waals surface area contributed by atoms with Gasteiger partial charge in [-0.2, -0.15) is 5.10 Å². The van der Waals surface area contributed by atoms with Gasteiger partial charge in [-0.3, -0.25) is 14.9 Å². The number of hydrogen-bond donors (Lipinski definition) is 2. The number of carbonyl (C=O) groups excluding carboxylic acids is 1. The van der Waals surface area contributed by atoms with Crippen LogP contribution < -0.4 is 10.1 Å². The third-order valence-corrected chi connectivity index (χ3v) is 5.71. The molecule has 2 N–H and O–H groups in total. The molecule has 0 aliphatic heterocycles. The van der Waals surface area contributed by atoms with Crippen molar-refractivity contribution < 1.29 is 9.53 Å². The molecule has 1 aliphatic rings. The van der Waals surface area contributed by atoms with E-state index in [1.807, 2.05) is 43.3 Å². The fourth-order valence-corrected chi connectivity index (χ4v) is 4.03. The van der Waals surface area contributed by atoms with Gasteiger partial charge >= 0.3 is 0 Å². The van der Waals surface area contributed by atoms with Crippen LogP contribution in [0.1, 0.15) is 50.0 Å². The molecule has 0 spiro atoms. The Morgan fingerprint density at radius 2 is 1.97 bits per heavy atom. The van der Waals surface area contributed by atoms with Gasteiger partial charge in [0.25, 0.3) is 0 Å². The van der Waals surface area contributed by atoms with E-state index in [2.05, 4.69) is 25.5 Å². The number of amides is 1. The molecule has 0 saturated heterocycles. The summed E-state index contributed by atoms with van der Waals surface area (Å²) in [6, 6.07) is 11.3. The van der Waals surface area contributed by atoms with E-state index in [4.69, 9.17) is 4.74 Å². The highest BCUT2D eigenvalue weighted by molar-refractivity contribution is 5.89. The number of H-pyrrole nitrogens is 1. The molecular formula is C22H25N5O2. The van der Waals surface area contributed by atoms with Crippen LogP contribution in [0.5, 0.6) is 5.75 Å². The van der Waals surface area contributed by atoms with Crippen LogP contribution >= 0.6 is 0 Å². The maximum absolute atomic E-state index is 13.4. The lowest BCUT2D eigenvalue weighted by Crippen LogP contribution is -2.43. The molecule has 2 aromatic heterocycles. The zero-order valence-electron chi connectivity index (χ0n) is 16.7. The smallest absolute Gasteiger partial charge is 0.231 e. The number of ether oxygens (including phenoxy) is 1. The average molecular weight is 391 g/mol.